The lowest BCUT2D eigenvalue weighted by Gasteiger charge is -2.29. The zero-order valence-electron chi connectivity index (χ0n) is 19.3. The van der Waals surface area contributed by atoms with E-state index in [0.717, 1.165) is 67.0 Å². The number of fused-ring (bicyclic) bond motifs is 1. The molecule has 9 heteroatoms. The van der Waals surface area contributed by atoms with Gasteiger partial charge in [-0.2, -0.15) is 0 Å². The number of anilines is 1. The van der Waals surface area contributed by atoms with Crippen LogP contribution < -0.4 is 16.0 Å². The van der Waals surface area contributed by atoms with Gasteiger partial charge in [0.1, 0.15) is 5.82 Å². The van der Waals surface area contributed by atoms with E-state index in [1.807, 2.05) is 12.1 Å². The molecule has 2 amide bonds. The van der Waals surface area contributed by atoms with Gasteiger partial charge in [0.15, 0.2) is 0 Å². The minimum absolute atomic E-state index is 0.206. The second-order valence-electron chi connectivity index (χ2n) is 9.28. The first kappa shape index (κ1) is 23.7. The lowest BCUT2D eigenvalue weighted by molar-refractivity contribution is -0.118. The van der Waals surface area contributed by atoms with E-state index >= 15 is 0 Å². The van der Waals surface area contributed by atoms with Crippen molar-refractivity contribution in [3.63, 3.8) is 0 Å². The number of thioether (sulfide) groups is 1. The summed E-state index contributed by atoms with van der Waals surface area (Å²) in [7, 11) is 0. The first-order chi connectivity index (χ1) is 17.0. The first-order valence-electron chi connectivity index (χ1n) is 12.0. The number of halogens is 1. The molecule has 35 heavy (non-hydrogen) atoms. The Morgan fingerprint density at radius 3 is 2.63 bits per heavy atom. The van der Waals surface area contributed by atoms with E-state index in [0.29, 0.717) is 24.3 Å². The lowest BCUT2D eigenvalue weighted by atomic mass is 9.86. The van der Waals surface area contributed by atoms with Crippen molar-refractivity contribution in [2.45, 2.75) is 49.9 Å². The van der Waals surface area contributed by atoms with Gasteiger partial charge in [-0.05, 0) is 78.7 Å². The number of carbonyl (C=O) groups excluding carboxylic acids is 2. The molecule has 1 atom stereocenters. The van der Waals surface area contributed by atoms with Gasteiger partial charge in [-0.3, -0.25) is 14.9 Å². The predicted molar refractivity (Wildman–Crippen MR) is 136 cm³/mol. The van der Waals surface area contributed by atoms with Crippen LogP contribution in [-0.2, 0) is 17.8 Å². The third-order valence-electron chi connectivity index (χ3n) is 6.68. The molecule has 2 heterocycles. The van der Waals surface area contributed by atoms with Crippen LogP contribution in [0, 0.1) is 11.7 Å². The van der Waals surface area contributed by atoms with Gasteiger partial charge in [0.25, 0.3) is 5.24 Å². The number of aromatic nitrogens is 2. The molecule has 1 saturated carbocycles. The Balaban J connectivity index is 1.06. The Labute approximate surface area is 207 Å². The van der Waals surface area contributed by atoms with Crippen LogP contribution in [-0.4, -0.2) is 39.0 Å². The number of nitrogens with one attached hydrogen (secondary N) is 3. The normalized spacial score (nSPS) is 22.4. The predicted octanol–water partition coefficient (Wildman–Crippen LogP) is 4.42. The standard InChI is InChI=1S/C26H28FN5O2S/c27-20-6-5-18-11-17(1-4-19(18)12-20)15-28-14-16-2-7-21(8-3-16)30-25-29-10-9-22(31-25)13-23-24(33)32-26(34)35-23/h1,4-6,9-12,16,21,23,28H,2-3,7-8,13-15H2,(H,29,30,31)(H,32,33,34)/t16-,21-,23?. The maximum Gasteiger partial charge on any atom is 0.286 e. The minimum atomic E-state index is -0.425. The molecule has 2 aliphatic rings. The molecule has 3 aromatic rings. The van der Waals surface area contributed by atoms with Gasteiger partial charge in [0, 0.05) is 30.9 Å². The van der Waals surface area contributed by atoms with Crippen LogP contribution in [0.3, 0.4) is 0 Å². The molecule has 5 rings (SSSR count). The maximum atomic E-state index is 13.4. The zero-order chi connectivity index (χ0) is 24.2. The highest BCUT2D eigenvalue weighted by atomic mass is 32.2. The van der Waals surface area contributed by atoms with Crippen molar-refractivity contribution in [3.05, 3.63) is 65.7 Å². The third kappa shape index (κ3) is 6.15. The number of amides is 2. The van der Waals surface area contributed by atoms with Gasteiger partial charge < -0.3 is 10.6 Å². The van der Waals surface area contributed by atoms with Crippen molar-refractivity contribution < 1.29 is 14.0 Å². The molecule has 1 aliphatic carbocycles. The zero-order valence-corrected chi connectivity index (χ0v) is 20.1. The number of nitrogens with zero attached hydrogens (tertiary/aromatic N) is 2. The van der Waals surface area contributed by atoms with Crippen molar-refractivity contribution in [1.29, 1.82) is 0 Å². The van der Waals surface area contributed by atoms with E-state index in [-0.39, 0.29) is 17.0 Å². The average Bonchev–Trinajstić information content (AvgIpc) is 3.16. The monoisotopic (exact) mass is 493 g/mol. The fourth-order valence-electron chi connectivity index (χ4n) is 4.79. The Hall–Kier alpha value is -3.04. The van der Waals surface area contributed by atoms with Crippen molar-refractivity contribution in [2.75, 3.05) is 11.9 Å². The highest BCUT2D eigenvalue weighted by molar-refractivity contribution is 8.15. The van der Waals surface area contributed by atoms with E-state index in [9.17, 15) is 14.0 Å². The second kappa shape index (κ2) is 10.7. The molecular weight excluding hydrogens is 465 g/mol. The summed E-state index contributed by atoms with van der Waals surface area (Å²) in [4.78, 5) is 32.1. The molecule has 3 N–H and O–H groups in total. The summed E-state index contributed by atoms with van der Waals surface area (Å²) in [6, 6.07) is 13.2. The smallest absolute Gasteiger partial charge is 0.286 e. The molecular formula is C26H28FN5O2S. The molecule has 1 aliphatic heterocycles. The number of hydrogen-bond donors (Lipinski definition) is 3. The Morgan fingerprint density at radius 1 is 1.03 bits per heavy atom. The van der Waals surface area contributed by atoms with E-state index in [1.165, 1.54) is 11.6 Å². The fourth-order valence-corrected chi connectivity index (χ4v) is 5.63. The maximum absolute atomic E-state index is 13.4. The van der Waals surface area contributed by atoms with Crippen LogP contribution in [0.5, 0.6) is 0 Å². The third-order valence-corrected chi connectivity index (χ3v) is 7.66. The van der Waals surface area contributed by atoms with Crippen molar-refractivity contribution >= 4 is 39.6 Å². The molecule has 2 fully saturated rings. The highest BCUT2D eigenvalue weighted by Gasteiger charge is 2.32. The van der Waals surface area contributed by atoms with Crippen LogP contribution in [0.4, 0.5) is 15.1 Å². The summed E-state index contributed by atoms with van der Waals surface area (Å²) < 4.78 is 13.4. The molecule has 0 spiro atoms. The Kier molecular flexibility index (Phi) is 7.24. The Bertz CT molecular complexity index is 1230. The molecule has 0 bridgehead atoms. The molecule has 2 aromatic carbocycles. The number of rotatable bonds is 8. The first-order valence-corrected chi connectivity index (χ1v) is 12.9. The quantitative estimate of drug-likeness (QED) is 0.427. The molecule has 182 valence electrons. The molecule has 1 unspecified atom stereocenters. The molecule has 7 nitrogen and oxygen atoms in total. The summed E-state index contributed by atoms with van der Waals surface area (Å²) in [5.41, 5.74) is 1.95. The topological polar surface area (TPSA) is 96.0 Å². The summed E-state index contributed by atoms with van der Waals surface area (Å²) in [6.07, 6.45) is 6.47. The second-order valence-corrected chi connectivity index (χ2v) is 10.5. The van der Waals surface area contributed by atoms with Gasteiger partial charge >= 0.3 is 0 Å². The highest BCUT2D eigenvalue weighted by Crippen LogP contribution is 2.26. The number of carbonyl (C=O) groups is 2. The van der Waals surface area contributed by atoms with Crippen molar-refractivity contribution in [1.82, 2.24) is 20.6 Å². The molecule has 0 radical (unpaired) electrons. The van der Waals surface area contributed by atoms with E-state index < -0.39 is 5.25 Å². The van der Waals surface area contributed by atoms with Gasteiger partial charge in [-0.1, -0.05) is 30.0 Å². The molecule has 1 aromatic heterocycles. The summed E-state index contributed by atoms with van der Waals surface area (Å²) in [5.74, 6) is 0.749. The number of imide groups is 1. The van der Waals surface area contributed by atoms with E-state index in [1.54, 1.807) is 18.3 Å². The van der Waals surface area contributed by atoms with Gasteiger partial charge in [-0.25, -0.2) is 14.4 Å². The summed E-state index contributed by atoms with van der Waals surface area (Å²) in [5, 5.41) is 10.6. The van der Waals surface area contributed by atoms with Gasteiger partial charge in [-0.15, -0.1) is 0 Å². The average molecular weight is 494 g/mol. The largest absolute Gasteiger partial charge is 0.351 e. The summed E-state index contributed by atoms with van der Waals surface area (Å²) >= 11 is 1.02. The minimum Gasteiger partial charge on any atom is -0.351 e. The number of benzene rings is 2. The van der Waals surface area contributed by atoms with Crippen LogP contribution in [0.1, 0.15) is 36.9 Å². The number of hydrogen-bond acceptors (Lipinski definition) is 7. The SMILES string of the molecule is O=C1NC(=O)C(Cc2ccnc(N[C@H]3CC[C@H](CNCc4ccc5cc(F)ccc5c4)CC3)n2)S1. The van der Waals surface area contributed by atoms with Gasteiger partial charge in [0.2, 0.25) is 11.9 Å². The van der Waals surface area contributed by atoms with E-state index in [4.69, 9.17) is 0 Å². The Morgan fingerprint density at radius 2 is 1.83 bits per heavy atom. The van der Waals surface area contributed by atoms with Crippen LogP contribution >= 0.6 is 11.8 Å². The fraction of sp³-hybridized carbons (Fsp3) is 0.385. The van der Waals surface area contributed by atoms with Crippen LogP contribution in [0.2, 0.25) is 0 Å². The molecule has 1 saturated heterocycles. The lowest BCUT2D eigenvalue weighted by Crippen LogP contribution is -2.31. The van der Waals surface area contributed by atoms with E-state index in [2.05, 4.69) is 38.1 Å². The van der Waals surface area contributed by atoms with Crippen LogP contribution in [0.25, 0.3) is 10.8 Å². The van der Waals surface area contributed by atoms with Gasteiger partial charge in [0.05, 0.1) is 5.25 Å². The van der Waals surface area contributed by atoms with Crippen molar-refractivity contribution in [2.24, 2.45) is 5.92 Å². The van der Waals surface area contributed by atoms with Crippen LogP contribution in [0.15, 0.2) is 48.7 Å². The van der Waals surface area contributed by atoms with Crippen molar-refractivity contribution in [3.8, 4) is 0 Å². The summed E-state index contributed by atoms with van der Waals surface area (Å²) in [6.45, 7) is 1.77.